The maximum absolute atomic E-state index is 11.8. The van der Waals surface area contributed by atoms with Crippen LogP contribution >= 0.6 is 11.6 Å². The third-order valence-corrected chi connectivity index (χ3v) is 3.34. The van der Waals surface area contributed by atoms with Gasteiger partial charge in [-0.3, -0.25) is 0 Å². The molecule has 0 saturated carbocycles. The maximum Gasteiger partial charge on any atom is 0.513 e. The zero-order chi connectivity index (χ0) is 17.1. The highest BCUT2D eigenvalue weighted by molar-refractivity contribution is 6.31. The predicted molar refractivity (Wildman–Crippen MR) is 87.2 cm³/mol. The van der Waals surface area contributed by atoms with Gasteiger partial charge in [0.1, 0.15) is 11.5 Å². The van der Waals surface area contributed by atoms with Crippen molar-refractivity contribution in [1.29, 1.82) is 0 Å². The molecule has 0 N–H and O–H groups in total. The molecule has 0 fully saturated rings. The average Bonchev–Trinajstić information content (AvgIpc) is 2.50. The topological polar surface area (TPSA) is 61.8 Å². The highest BCUT2D eigenvalue weighted by Crippen LogP contribution is 2.38. The van der Waals surface area contributed by atoms with Gasteiger partial charge in [-0.05, 0) is 43.7 Å². The van der Waals surface area contributed by atoms with Crippen LogP contribution in [0, 0.1) is 6.92 Å². The zero-order valence-corrected chi connectivity index (χ0v) is 13.7. The number of rotatable bonds is 3. The van der Waals surface area contributed by atoms with Gasteiger partial charge in [0.15, 0.2) is 0 Å². The van der Waals surface area contributed by atoms with E-state index in [2.05, 4.69) is 11.3 Å². The van der Waals surface area contributed by atoms with Crippen molar-refractivity contribution in [3.05, 3.63) is 47.0 Å². The predicted octanol–water partition coefficient (Wildman–Crippen LogP) is 4.43. The maximum atomic E-state index is 11.8. The lowest BCUT2D eigenvalue weighted by Crippen LogP contribution is -2.11. The number of benzene rings is 2. The number of aryl methyl sites for hydroxylation is 1. The van der Waals surface area contributed by atoms with E-state index in [4.69, 9.17) is 21.1 Å². The van der Waals surface area contributed by atoms with Gasteiger partial charge in [-0.2, -0.15) is 0 Å². The first-order valence-corrected chi connectivity index (χ1v) is 7.07. The van der Waals surface area contributed by atoms with E-state index in [9.17, 15) is 9.59 Å². The molecule has 2 rings (SSSR count). The van der Waals surface area contributed by atoms with Crippen LogP contribution in [0.3, 0.4) is 0 Å². The van der Waals surface area contributed by atoms with Gasteiger partial charge in [0.25, 0.3) is 0 Å². The average molecular weight is 335 g/mol. The summed E-state index contributed by atoms with van der Waals surface area (Å²) in [7, 11) is 1.22. The molecule has 0 heterocycles. The summed E-state index contributed by atoms with van der Waals surface area (Å²) in [6.07, 6.45) is -0.850. The van der Waals surface area contributed by atoms with Crippen LogP contribution in [0.1, 0.15) is 12.5 Å². The summed E-state index contributed by atoms with van der Waals surface area (Å²) >= 11 is 6.02. The molecule has 2 aromatic rings. The summed E-state index contributed by atoms with van der Waals surface area (Å²) in [6.45, 7) is 6.86. The van der Waals surface area contributed by atoms with Crippen molar-refractivity contribution in [1.82, 2.24) is 0 Å². The van der Waals surface area contributed by atoms with Crippen molar-refractivity contribution < 1.29 is 23.8 Å². The lowest BCUT2D eigenvalue weighted by Gasteiger charge is -2.14. The summed E-state index contributed by atoms with van der Waals surface area (Å²) in [4.78, 5) is 23.2. The van der Waals surface area contributed by atoms with E-state index in [1.165, 1.54) is 7.11 Å². The number of halogens is 1. The Hall–Kier alpha value is -2.53. The fourth-order valence-corrected chi connectivity index (χ4v) is 2.17. The summed E-state index contributed by atoms with van der Waals surface area (Å²) < 4.78 is 15.0. The van der Waals surface area contributed by atoms with Crippen molar-refractivity contribution in [3.63, 3.8) is 0 Å². The number of esters is 1. The summed E-state index contributed by atoms with van der Waals surface area (Å²) in [6, 6.07) is 6.54. The van der Waals surface area contributed by atoms with Gasteiger partial charge in [-0.1, -0.05) is 18.2 Å². The van der Waals surface area contributed by atoms with Crippen LogP contribution in [-0.4, -0.2) is 19.2 Å². The summed E-state index contributed by atoms with van der Waals surface area (Å²) in [5, 5.41) is 1.56. The van der Waals surface area contributed by atoms with Gasteiger partial charge in [0.2, 0.25) is 0 Å². The highest BCUT2D eigenvalue weighted by Gasteiger charge is 2.17. The Morgan fingerprint density at radius 3 is 2.43 bits per heavy atom. The number of hydrogen-bond donors (Lipinski definition) is 0. The molecule has 0 bridgehead atoms. The number of ether oxygens (including phenoxy) is 3. The number of carbonyl (C=O) groups excluding carboxylic acids is 2. The second-order valence-corrected chi connectivity index (χ2v) is 5.37. The molecule has 6 heteroatoms. The van der Waals surface area contributed by atoms with Crippen LogP contribution in [0.5, 0.6) is 11.5 Å². The first kappa shape index (κ1) is 16.8. The quantitative estimate of drug-likeness (QED) is 0.359. The number of carbonyl (C=O) groups is 2. The molecular weight excluding hydrogens is 320 g/mol. The fourth-order valence-electron chi connectivity index (χ4n) is 2.00. The Kier molecular flexibility index (Phi) is 4.91. The molecule has 120 valence electrons. The largest absolute Gasteiger partial charge is 0.513 e. The Balaban J connectivity index is 2.64. The SMILES string of the molecule is C=C(C)C(=O)Oc1c(C)cc(OC(=O)OC)c2cc(Cl)ccc12. The van der Waals surface area contributed by atoms with E-state index >= 15 is 0 Å². The molecule has 0 amide bonds. The van der Waals surface area contributed by atoms with Crippen molar-refractivity contribution in [2.24, 2.45) is 0 Å². The van der Waals surface area contributed by atoms with Crippen LogP contribution in [0.4, 0.5) is 4.79 Å². The van der Waals surface area contributed by atoms with Crippen LogP contribution < -0.4 is 9.47 Å². The van der Waals surface area contributed by atoms with Gasteiger partial charge < -0.3 is 14.2 Å². The van der Waals surface area contributed by atoms with Crippen LogP contribution in [0.25, 0.3) is 10.8 Å². The third kappa shape index (κ3) is 3.63. The molecule has 0 saturated heterocycles. The molecule has 0 aliphatic rings. The Bertz CT molecular complexity index is 810. The Labute approximate surface area is 138 Å². The second kappa shape index (κ2) is 6.71. The van der Waals surface area contributed by atoms with Crippen LogP contribution in [0.15, 0.2) is 36.4 Å². The second-order valence-electron chi connectivity index (χ2n) is 4.94. The first-order valence-electron chi connectivity index (χ1n) is 6.70. The van der Waals surface area contributed by atoms with Crippen molar-refractivity contribution in [2.45, 2.75) is 13.8 Å². The molecule has 2 aromatic carbocycles. The third-order valence-electron chi connectivity index (χ3n) is 3.10. The lowest BCUT2D eigenvalue weighted by atomic mass is 10.0. The monoisotopic (exact) mass is 334 g/mol. The Morgan fingerprint density at radius 1 is 1.13 bits per heavy atom. The summed E-state index contributed by atoms with van der Waals surface area (Å²) in [5.41, 5.74) is 0.898. The van der Waals surface area contributed by atoms with Crippen molar-refractivity contribution >= 4 is 34.5 Å². The molecule has 0 unspecified atom stereocenters. The van der Waals surface area contributed by atoms with E-state index in [0.717, 1.165) is 0 Å². The van der Waals surface area contributed by atoms with Gasteiger partial charge in [0, 0.05) is 21.4 Å². The van der Waals surface area contributed by atoms with Crippen LogP contribution in [-0.2, 0) is 9.53 Å². The molecule has 0 aliphatic carbocycles. The number of methoxy groups -OCH3 is 1. The summed E-state index contributed by atoms with van der Waals surface area (Å²) in [5.74, 6) is 0.0924. The normalized spacial score (nSPS) is 10.3. The minimum Gasteiger partial charge on any atom is -0.437 e. The van der Waals surface area contributed by atoms with Crippen molar-refractivity contribution in [3.8, 4) is 11.5 Å². The van der Waals surface area contributed by atoms with Gasteiger partial charge in [-0.15, -0.1) is 0 Å². The van der Waals surface area contributed by atoms with E-state index in [1.54, 1.807) is 38.1 Å². The van der Waals surface area contributed by atoms with E-state index < -0.39 is 12.1 Å². The standard InChI is InChI=1S/C17H15ClO5/c1-9(2)16(19)23-15-10(3)7-14(22-17(20)21-4)13-8-11(18)5-6-12(13)15/h5-8H,1H2,2-4H3. The number of hydrogen-bond acceptors (Lipinski definition) is 5. The zero-order valence-electron chi connectivity index (χ0n) is 12.9. The fraction of sp³-hybridized carbons (Fsp3) is 0.176. The van der Waals surface area contributed by atoms with E-state index in [-0.39, 0.29) is 11.3 Å². The lowest BCUT2D eigenvalue weighted by molar-refractivity contribution is -0.130. The first-order chi connectivity index (χ1) is 10.8. The minimum absolute atomic E-state index is 0.266. The van der Waals surface area contributed by atoms with Gasteiger partial charge >= 0.3 is 12.1 Å². The molecule has 0 radical (unpaired) electrons. The smallest absolute Gasteiger partial charge is 0.437 e. The molecular formula is C17H15ClO5. The number of fused-ring (bicyclic) bond motifs is 1. The molecule has 0 spiro atoms. The Morgan fingerprint density at radius 2 is 1.83 bits per heavy atom. The molecule has 0 atom stereocenters. The highest BCUT2D eigenvalue weighted by atomic mass is 35.5. The van der Waals surface area contributed by atoms with Gasteiger partial charge in [-0.25, -0.2) is 9.59 Å². The minimum atomic E-state index is -0.850. The van der Waals surface area contributed by atoms with Gasteiger partial charge in [0.05, 0.1) is 7.11 Å². The van der Waals surface area contributed by atoms with E-state index in [1.807, 2.05) is 0 Å². The molecule has 0 aliphatic heterocycles. The molecule has 23 heavy (non-hydrogen) atoms. The van der Waals surface area contributed by atoms with Crippen LogP contribution in [0.2, 0.25) is 5.02 Å². The molecule has 5 nitrogen and oxygen atoms in total. The van der Waals surface area contributed by atoms with E-state index in [0.29, 0.717) is 27.1 Å². The molecule has 0 aromatic heterocycles. The van der Waals surface area contributed by atoms with Crippen molar-refractivity contribution in [2.75, 3.05) is 7.11 Å².